The van der Waals surface area contributed by atoms with Gasteiger partial charge in [0.25, 0.3) is 0 Å². The van der Waals surface area contributed by atoms with E-state index in [1.54, 1.807) is 0 Å². The minimum Gasteiger partial charge on any atom is -0.492 e. The fraction of sp³-hybridized carbons (Fsp3) is 0.316. The fourth-order valence-electron chi connectivity index (χ4n) is 2.25. The molecular weight excluding hydrogens is 274 g/mol. The smallest absolute Gasteiger partial charge is 0.165 e. The molecule has 0 saturated heterocycles. The van der Waals surface area contributed by atoms with Gasteiger partial charge >= 0.3 is 0 Å². The zero-order valence-corrected chi connectivity index (χ0v) is 13.4. The van der Waals surface area contributed by atoms with Crippen molar-refractivity contribution in [1.82, 2.24) is 5.32 Å². The zero-order valence-electron chi connectivity index (χ0n) is 13.4. The molecule has 2 aromatic carbocycles. The van der Waals surface area contributed by atoms with Gasteiger partial charge in [0.2, 0.25) is 0 Å². The number of hydrogen-bond donors (Lipinski definition) is 1. The number of carbonyl (C=O) groups is 1. The summed E-state index contributed by atoms with van der Waals surface area (Å²) in [5.41, 5.74) is 2.80. The van der Waals surface area contributed by atoms with Crippen molar-refractivity contribution in [2.75, 3.05) is 20.2 Å². The van der Waals surface area contributed by atoms with Gasteiger partial charge in [0, 0.05) is 23.6 Å². The van der Waals surface area contributed by atoms with Crippen LogP contribution in [0.3, 0.4) is 0 Å². The van der Waals surface area contributed by atoms with E-state index in [0.29, 0.717) is 12.2 Å². The Balaban J connectivity index is 2.38. The monoisotopic (exact) mass is 297 g/mol. The molecule has 0 atom stereocenters. The van der Waals surface area contributed by atoms with Gasteiger partial charge in [-0.25, -0.2) is 0 Å². The first kappa shape index (κ1) is 16.2. The molecule has 0 fully saturated rings. The summed E-state index contributed by atoms with van der Waals surface area (Å²) >= 11 is 0. The molecule has 0 unspecified atom stereocenters. The lowest BCUT2D eigenvalue weighted by molar-refractivity contribution is 0.0939. The van der Waals surface area contributed by atoms with Crippen LogP contribution in [-0.4, -0.2) is 26.0 Å². The van der Waals surface area contributed by atoms with E-state index in [1.165, 1.54) is 0 Å². The van der Waals surface area contributed by atoms with Crippen LogP contribution in [-0.2, 0) is 0 Å². The van der Waals surface area contributed by atoms with Gasteiger partial charge in [-0.05, 0) is 24.7 Å². The second-order valence-electron chi connectivity index (χ2n) is 5.55. The van der Waals surface area contributed by atoms with E-state index in [-0.39, 0.29) is 11.7 Å². The minimum absolute atomic E-state index is 0.0206. The van der Waals surface area contributed by atoms with Crippen LogP contribution >= 0.6 is 0 Å². The van der Waals surface area contributed by atoms with Gasteiger partial charge in [-0.2, -0.15) is 0 Å². The predicted molar refractivity (Wildman–Crippen MR) is 90.5 cm³/mol. The molecule has 0 heterocycles. The summed E-state index contributed by atoms with van der Waals surface area (Å²) in [6.07, 6.45) is 0. The molecule has 0 aliphatic carbocycles. The molecule has 3 nitrogen and oxygen atoms in total. The molecule has 116 valence electrons. The van der Waals surface area contributed by atoms with E-state index in [1.807, 2.05) is 69.4 Å². The van der Waals surface area contributed by atoms with Crippen LogP contribution in [0.5, 0.6) is 5.75 Å². The van der Waals surface area contributed by atoms with E-state index in [4.69, 9.17) is 4.74 Å². The van der Waals surface area contributed by atoms with Crippen molar-refractivity contribution in [3.8, 4) is 16.9 Å². The van der Waals surface area contributed by atoms with Crippen LogP contribution in [0.2, 0.25) is 0 Å². The molecule has 22 heavy (non-hydrogen) atoms. The first-order valence-electron chi connectivity index (χ1n) is 7.64. The molecule has 0 saturated carbocycles. The normalized spacial score (nSPS) is 10.7. The van der Waals surface area contributed by atoms with Crippen molar-refractivity contribution < 1.29 is 9.53 Å². The number of carbonyl (C=O) groups excluding carboxylic acids is 1. The summed E-state index contributed by atoms with van der Waals surface area (Å²) < 4.78 is 5.89. The molecule has 3 heteroatoms. The Morgan fingerprint density at radius 3 is 2.50 bits per heavy atom. The third-order valence-corrected chi connectivity index (χ3v) is 3.48. The maximum Gasteiger partial charge on any atom is 0.165 e. The Hall–Kier alpha value is -2.13. The van der Waals surface area contributed by atoms with Crippen LogP contribution in [0.15, 0.2) is 48.5 Å². The highest BCUT2D eigenvalue weighted by molar-refractivity contribution is 5.98. The topological polar surface area (TPSA) is 38.3 Å². The molecule has 0 aromatic heterocycles. The molecule has 2 rings (SSSR count). The van der Waals surface area contributed by atoms with Gasteiger partial charge < -0.3 is 10.1 Å². The summed E-state index contributed by atoms with van der Waals surface area (Å²) in [6.45, 7) is 5.15. The van der Waals surface area contributed by atoms with Gasteiger partial charge in [-0.3, -0.25) is 4.79 Å². The number of ether oxygens (including phenoxy) is 1. The van der Waals surface area contributed by atoms with Crippen molar-refractivity contribution in [3.05, 3.63) is 54.1 Å². The van der Waals surface area contributed by atoms with Crippen LogP contribution in [0.1, 0.15) is 24.2 Å². The van der Waals surface area contributed by atoms with Crippen LogP contribution in [0.25, 0.3) is 11.1 Å². The van der Waals surface area contributed by atoms with Crippen LogP contribution < -0.4 is 10.1 Å². The Bertz CT molecular complexity index is 621. The summed E-state index contributed by atoms with van der Waals surface area (Å²) in [5, 5.41) is 3.06. The summed E-state index contributed by atoms with van der Waals surface area (Å²) in [7, 11) is 1.89. The quantitative estimate of drug-likeness (QED) is 0.624. The molecule has 0 spiro atoms. The highest BCUT2D eigenvalue weighted by Crippen LogP contribution is 2.31. The Morgan fingerprint density at radius 2 is 1.86 bits per heavy atom. The lowest BCUT2D eigenvalue weighted by Crippen LogP contribution is -2.16. The van der Waals surface area contributed by atoms with E-state index < -0.39 is 0 Å². The highest BCUT2D eigenvalue weighted by Gasteiger charge is 2.14. The van der Waals surface area contributed by atoms with E-state index in [9.17, 15) is 4.79 Å². The van der Waals surface area contributed by atoms with Crippen molar-refractivity contribution in [3.63, 3.8) is 0 Å². The highest BCUT2D eigenvalue weighted by atomic mass is 16.5. The number of hydrogen-bond acceptors (Lipinski definition) is 3. The number of ketones is 1. The molecule has 0 radical (unpaired) electrons. The van der Waals surface area contributed by atoms with Crippen molar-refractivity contribution >= 4 is 5.78 Å². The summed E-state index contributed by atoms with van der Waals surface area (Å²) in [5.74, 6) is 0.874. The average molecular weight is 297 g/mol. The van der Waals surface area contributed by atoms with Gasteiger partial charge in [0.1, 0.15) is 12.4 Å². The number of nitrogens with one attached hydrogen (secondary N) is 1. The minimum atomic E-state index is -0.0206. The largest absolute Gasteiger partial charge is 0.492 e. The number of Topliss-reactive ketones (excluding diaryl/α,β-unsaturated/α-hetero) is 1. The maximum absolute atomic E-state index is 12.2. The van der Waals surface area contributed by atoms with Gasteiger partial charge in [0.15, 0.2) is 5.78 Å². The van der Waals surface area contributed by atoms with Gasteiger partial charge in [0.05, 0.1) is 0 Å². The van der Waals surface area contributed by atoms with E-state index in [0.717, 1.165) is 23.4 Å². The third-order valence-electron chi connectivity index (χ3n) is 3.48. The molecular formula is C19H23NO2. The van der Waals surface area contributed by atoms with Crippen molar-refractivity contribution in [2.45, 2.75) is 13.8 Å². The summed E-state index contributed by atoms with van der Waals surface area (Å²) in [6, 6.07) is 15.8. The summed E-state index contributed by atoms with van der Waals surface area (Å²) in [4.78, 5) is 12.2. The molecule has 2 aromatic rings. The third kappa shape index (κ3) is 3.95. The Kier molecular flexibility index (Phi) is 5.73. The van der Waals surface area contributed by atoms with E-state index in [2.05, 4.69) is 5.32 Å². The molecule has 1 N–H and O–H groups in total. The average Bonchev–Trinajstić information content (AvgIpc) is 2.55. The standard InChI is InChI=1S/C19H23NO2/c1-14(2)19(21)16-9-10-17(15-7-5-4-6-8-15)18(13-16)22-12-11-20-3/h4-10,13-14,20H,11-12H2,1-3H3. The first-order valence-corrected chi connectivity index (χ1v) is 7.64. The second-order valence-corrected chi connectivity index (χ2v) is 5.55. The molecule has 0 aliphatic heterocycles. The van der Waals surface area contributed by atoms with Crippen molar-refractivity contribution in [2.24, 2.45) is 5.92 Å². The second kappa shape index (κ2) is 7.76. The number of rotatable bonds is 7. The molecule has 0 amide bonds. The fourth-order valence-corrected chi connectivity index (χ4v) is 2.25. The van der Waals surface area contributed by atoms with Crippen molar-refractivity contribution in [1.29, 1.82) is 0 Å². The lowest BCUT2D eigenvalue weighted by Gasteiger charge is -2.14. The van der Waals surface area contributed by atoms with Crippen LogP contribution in [0, 0.1) is 5.92 Å². The number of likely N-dealkylation sites (N-methyl/N-ethyl adjacent to an activating group) is 1. The SMILES string of the molecule is CNCCOc1cc(C(=O)C(C)C)ccc1-c1ccccc1. The predicted octanol–water partition coefficient (Wildman–Crippen LogP) is 3.79. The lowest BCUT2D eigenvalue weighted by atomic mass is 9.97. The van der Waals surface area contributed by atoms with E-state index >= 15 is 0 Å². The molecule has 0 bridgehead atoms. The molecule has 0 aliphatic rings. The van der Waals surface area contributed by atoms with Gasteiger partial charge in [-0.15, -0.1) is 0 Å². The zero-order chi connectivity index (χ0) is 15.9. The Labute approximate surface area is 132 Å². The Morgan fingerprint density at radius 1 is 1.14 bits per heavy atom. The van der Waals surface area contributed by atoms with Crippen LogP contribution in [0.4, 0.5) is 0 Å². The van der Waals surface area contributed by atoms with Gasteiger partial charge in [-0.1, -0.05) is 50.2 Å². The maximum atomic E-state index is 12.2. The first-order chi connectivity index (χ1) is 10.6. The number of benzene rings is 2.